The van der Waals surface area contributed by atoms with Gasteiger partial charge in [0.2, 0.25) is 6.79 Å². The van der Waals surface area contributed by atoms with Gasteiger partial charge in [-0.2, -0.15) is 0 Å². The second kappa shape index (κ2) is 4.53. The number of fused-ring (bicyclic) bond motifs is 1. The van der Waals surface area contributed by atoms with Gasteiger partial charge >= 0.3 is 0 Å². The van der Waals surface area contributed by atoms with Crippen molar-refractivity contribution in [3.05, 3.63) is 18.2 Å². The molecule has 0 aliphatic carbocycles. The predicted octanol–water partition coefficient (Wildman–Crippen LogP) is 1.97. The molecule has 0 spiro atoms. The van der Waals surface area contributed by atoms with Crippen LogP contribution in [0.2, 0.25) is 0 Å². The van der Waals surface area contributed by atoms with Crippen molar-refractivity contribution in [1.82, 2.24) is 5.32 Å². The molecule has 2 aliphatic heterocycles. The van der Waals surface area contributed by atoms with Crippen molar-refractivity contribution in [3.8, 4) is 11.5 Å². The minimum Gasteiger partial charge on any atom is -0.454 e. The van der Waals surface area contributed by atoms with Crippen molar-refractivity contribution >= 4 is 28.3 Å². The highest BCUT2D eigenvalue weighted by atomic mass is 127. The maximum Gasteiger partial charge on any atom is 0.231 e. The molecular weight excluding hydrogens is 331 g/mol. The fourth-order valence-corrected chi connectivity index (χ4v) is 3.09. The Balaban J connectivity index is 1.88. The van der Waals surface area contributed by atoms with Crippen LogP contribution < -0.4 is 19.7 Å². The van der Waals surface area contributed by atoms with Crippen LogP contribution in [0.4, 0.5) is 5.69 Å². The molecule has 0 saturated carbocycles. The Bertz CT molecular complexity index is 427. The molecule has 1 aromatic rings. The molecule has 1 N–H and O–H groups in total. The Hall–Kier alpha value is -0.690. The minimum atomic E-state index is 0.338. The fraction of sp³-hybridized carbons (Fsp3) is 0.500. The molecule has 0 radical (unpaired) electrons. The number of halogens is 1. The quantitative estimate of drug-likeness (QED) is 0.479. The molecule has 2 atom stereocenters. The molecule has 1 unspecified atom stereocenters. The lowest BCUT2D eigenvalue weighted by Gasteiger charge is -2.39. The van der Waals surface area contributed by atoms with E-state index in [0.29, 0.717) is 16.9 Å². The van der Waals surface area contributed by atoms with Gasteiger partial charge in [-0.25, -0.2) is 0 Å². The minimum absolute atomic E-state index is 0.338. The Kier molecular flexibility index (Phi) is 3.04. The van der Waals surface area contributed by atoms with Gasteiger partial charge in [0.05, 0.1) is 4.05 Å². The number of alkyl halides is 1. The lowest BCUT2D eigenvalue weighted by atomic mass is 10.2. The van der Waals surface area contributed by atoms with Crippen molar-refractivity contribution in [3.63, 3.8) is 0 Å². The van der Waals surface area contributed by atoms with Crippen molar-refractivity contribution in [1.29, 1.82) is 0 Å². The summed E-state index contributed by atoms with van der Waals surface area (Å²) in [5, 5.41) is 3.48. The first-order valence-corrected chi connectivity index (χ1v) is 7.04. The summed E-state index contributed by atoms with van der Waals surface area (Å²) in [6, 6.07) is 6.67. The van der Waals surface area contributed by atoms with E-state index in [4.69, 9.17) is 9.47 Å². The third kappa shape index (κ3) is 2.06. The summed E-state index contributed by atoms with van der Waals surface area (Å²) in [5.74, 6) is 1.71. The first-order valence-electron chi connectivity index (χ1n) is 5.79. The normalized spacial score (nSPS) is 27.3. The first-order chi connectivity index (χ1) is 8.25. The van der Waals surface area contributed by atoms with E-state index in [0.717, 1.165) is 24.6 Å². The standard InChI is InChI=1S/C12H15IN2O2/c1-8-12(13)15(5-4-14-8)9-2-3-10-11(6-9)17-7-16-10/h2-3,6,8,12,14H,4-5,7H2,1H3/t8-,12?/m1/s1. The zero-order valence-corrected chi connectivity index (χ0v) is 11.8. The van der Waals surface area contributed by atoms with E-state index in [1.807, 2.05) is 6.07 Å². The third-order valence-electron chi connectivity index (χ3n) is 3.22. The zero-order chi connectivity index (χ0) is 11.8. The summed E-state index contributed by atoms with van der Waals surface area (Å²) < 4.78 is 11.2. The molecule has 5 heteroatoms. The van der Waals surface area contributed by atoms with Crippen LogP contribution >= 0.6 is 22.6 Å². The number of anilines is 1. The predicted molar refractivity (Wildman–Crippen MR) is 75.2 cm³/mol. The fourth-order valence-electron chi connectivity index (χ4n) is 2.24. The summed E-state index contributed by atoms with van der Waals surface area (Å²) in [6.07, 6.45) is 0. The lowest BCUT2D eigenvalue weighted by molar-refractivity contribution is 0.174. The summed E-state index contributed by atoms with van der Waals surface area (Å²) in [4.78, 5) is 2.41. The number of nitrogens with one attached hydrogen (secondary N) is 1. The lowest BCUT2D eigenvalue weighted by Crippen LogP contribution is -2.54. The number of benzene rings is 1. The summed E-state index contributed by atoms with van der Waals surface area (Å²) >= 11 is 2.49. The first kappa shape index (κ1) is 11.4. The van der Waals surface area contributed by atoms with Gasteiger partial charge in [0, 0.05) is 30.9 Å². The number of hydrogen-bond donors (Lipinski definition) is 1. The highest BCUT2D eigenvalue weighted by Crippen LogP contribution is 2.37. The maximum absolute atomic E-state index is 5.43. The van der Waals surface area contributed by atoms with Crippen LogP contribution in [-0.4, -0.2) is 30.0 Å². The molecule has 1 saturated heterocycles. The number of hydrogen-bond acceptors (Lipinski definition) is 4. The van der Waals surface area contributed by atoms with E-state index in [1.165, 1.54) is 5.69 Å². The Morgan fingerprint density at radius 3 is 3.06 bits per heavy atom. The van der Waals surface area contributed by atoms with Gasteiger partial charge in [0.25, 0.3) is 0 Å². The van der Waals surface area contributed by atoms with Crippen LogP contribution in [0.25, 0.3) is 0 Å². The molecule has 4 nitrogen and oxygen atoms in total. The van der Waals surface area contributed by atoms with Crippen LogP contribution in [0.3, 0.4) is 0 Å². The highest BCUT2D eigenvalue weighted by Gasteiger charge is 2.27. The van der Waals surface area contributed by atoms with E-state index < -0.39 is 0 Å². The van der Waals surface area contributed by atoms with Crippen LogP contribution in [0.15, 0.2) is 18.2 Å². The molecule has 1 fully saturated rings. The number of rotatable bonds is 1. The monoisotopic (exact) mass is 346 g/mol. The van der Waals surface area contributed by atoms with Crippen molar-refractivity contribution in [2.24, 2.45) is 0 Å². The molecule has 1 aromatic carbocycles. The van der Waals surface area contributed by atoms with Gasteiger partial charge in [-0.15, -0.1) is 0 Å². The van der Waals surface area contributed by atoms with Gasteiger partial charge in [-0.1, -0.05) is 22.6 Å². The average molecular weight is 346 g/mol. The van der Waals surface area contributed by atoms with Crippen molar-refractivity contribution in [2.75, 3.05) is 24.8 Å². The molecular formula is C12H15IN2O2. The largest absolute Gasteiger partial charge is 0.454 e. The highest BCUT2D eigenvalue weighted by molar-refractivity contribution is 14.1. The molecule has 2 aliphatic rings. The van der Waals surface area contributed by atoms with Crippen LogP contribution in [0, 0.1) is 0 Å². The molecule has 2 heterocycles. The van der Waals surface area contributed by atoms with Crippen LogP contribution in [0.5, 0.6) is 11.5 Å². The maximum atomic E-state index is 5.43. The Morgan fingerprint density at radius 2 is 2.18 bits per heavy atom. The Labute approximate surface area is 114 Å². The summed E-state index contributed by atoms with van der Waals surface area (Å²) in [7, 11) is 0. The van der Waals surface area contributed by atoms with Gasteiger partial charge in [-0.05, 0) is 19.1 Å². The smallest absolute Gasteiger partial charge is 0.231 e. The van der Waals surface area contributed by atoms with E-state index in [1.54, 1.807) is 0 Å². The SMILES string of the molecule is C[C@H]1NCCN(c2ccc3c(c2)OCO3)C1I. The molecule has 17 heavy (non-hydrogen) atoms. The van der Waals surface area contributed by atoms with Gasteiger partial charge in [-0.3, -0.25) is 0 Å². The number of nitrogens with zero attached hydrogens (tertiary/aromatic N) is 1. The molecule has 0 amide bonds. The van der Waals surface area contributed by atoms with Gasteiger partial charge < -0.3 is 19.7 Å². The molecule has 3 rings (SSSR count). The van der Waals surface area contributed by atoms with Gasteiger partial charge in [0.15, 0.2) is 11.5 Å². The van der Waals surface area contributed by atoms with Crippen LogP contribution in [-0.2, 0) is 0 Å². The average Bonchev–Trinajstić information content (AvgIpc) is 2.79. The van der Waals surface area contributed by atoms with E-state index in [2.05, 4.69) is 51.9 Å². The van der Waals surface area contributed by atoms with E-state index in [-0.39, 0.29) is 0 Å². The van der Waals surface area contributed by atoms with Crippen molar-refractivity contribution in [2.45, 2.75) is 17.0 Å². The number of ether oxygens (including phenoxy) is 2. The topological polar surface area (TPSA) is 33.7 Å². The van der Waals surface area contributed by atoms with E-state index >= 15 is 0 Å². The van der Waals surface area contributed by atoms with E-state index in [9.17, 15) is 0 Å². The number of piperazine rings is 1. The second-order valence-electron chi connectivity index (χ2n) is 4.35. The molecule has 0 aromatic heterocycles. The summed E-state index contributed by atoms with van der Waals surface area (Å²) in [6.45, 7) is 4.60. The Morgan fingerprint density at radius 1 is 1.35 bits per heavy atom. The molecule has 92 valence electrons. The summed E-state index contributed by atoms with van der Waals surface area (Å²) in [5.41, 5.74) is 1.21. The van der Waals surface area contributed by atoms with Crippen LogP contribution in [0.1, 0.15) is 6.92 Å². The zero-order valence-electron chi connectivity index (χ0n) is 9.65. The second-order valence-corrected chi connectivity index (χ2v) is 5.62. The van der Waals surface area contributed by atoms with Crippen molar-refractivity contribution < 1.29 is 9.47 Å². The molecule has 0 bridgehead atoms. The van der Waals surface area contributed by atoms with Gasteiger partial charge in [0.1, 0.15) is 0 Å². The third-order valence-corrected chi connectivity index (χ3v) is 4.97.